The molecule has 0 heterocycles. The summed E-state index contributed by atoms with van der Waals surface area (Å²) in [6, 6.07) is 24.6. The van der Waals surface area contributed by atoms with E-state index < -0.39 is 0 Å². The zero-order chi connectivity index (χ0) is 16.7. The number of rotatable bonds is 2. The van der Waals surface area contributed by atoms with E-state index in [4.69, 9.17) is 4.74 Å². The van der Waals surface area contributed by atoms with Crippen LogP contribution < -0.4 is 4.74 Å². The van der Waals surface area contributed by atoms with Gasteiger partial charge >= 0.3 is 0 Å². The van der Waals surface area contributed by atoms with Crippen molar-refractivity contribution in [2.75, 3.05) is 0 Å². The molecule has 1 nitrogen and oxygen atoms in total. The van der Waals surface area contributed by atoms with Crippen LogP contribution in [0.4, 0.5) is 0 Å². The Morgan fingerprint density at radius 3 is 0.875 bits per heavy atom. The van der Waals surface area contributed by atoms with Crippen LogP contribution >= 0.6 is 0 Å². The van der Waals surface area contributed by atoms with Crippen molar-refractivity contribution in [1.29, 1.82) is 0 Å². The van der Waals surface area contributed by atoms with Crippen molar-refractivity contribution in [3.8, 4) is 11.5 Å². The first-order valence-corrected chi connectivity index (χ1v) is 7.87. The average molecular weight is 320 g/mol. The van der Waals surface area contributed by atoms with Crippen LogP contribution in [0.1, 0.15) is 29.7 Å². The molecule has 0 amide bonds. The first-order chi connectivity index (χ1) is 11.0. The quantitative estimate of drug-likeness (QED) is 0.492. The summed E-state index contributed by atoms with van der Waals surface area (Å²) >= 11 is 0. The molecule has 24 heavy (non-hydrogen) atoms. The summed E-state index contributed by atoms with van der Waals surface area (Å²) in [4.78, 5) is 0. The van der Waals surface area contributed by atoms with Crippen molar-refractivity contribution < 1.29 is 4.74 Å². The van der Waals surface area contributed by atoms with E-state index in [1.165, 1.54) is 22.3 Å². The van der Waals surface area contributed by atoms with E-state index in [2.05, 4.69) is 52.0 Å². The second kappa shape index (κ2) is 9.57. The lowest BCUT2D eigenvalue weighted by Gasteiger charge is -2.05. The molecule has 0 N–H and O–H groups in total. The lowest BCUT2D eigenvalue weighted by atomic mass is 10.2. The molecule has 0 radical (unpaired) electrons. The van der Waals surface area contributed by atoms with Gasteiger partial charge in [-0.2, -0.15) is 0 Å². The summed E-state index contributed by atoms with van der Waals surface area (Å²) in [5.41, 5.74) is 5.14. The Morgan fingerprint density at radius 2 is 0.625 bits per heavy atom. The molecule has 0 bridgehead atoms. The van der Waals surface area contributed by atoms with Crippen LogP contribution in [0.15, 0.2) is 72.8 Å². The maximum Gasteiger partial charge on any atom is 0.127 e. The van der Waals surface area contributed by atoms with Gasteiger partial charge in [-0.05, 0) is 52.0 Å². The SMILES string of the molecule is C.Cc1ccc(C)cc1.Cc1ccc(Oc2ccc(C)cc2)cc1. The van der Waals surface area contributed by atoms with E-state index in [0.29, 0.717) is 0 Å². The van der Waals surface area contributed by atoms with Gasteiger partial charge in [0.25, 0.3) is 0 Å². The minimum atomic E-state index is 0. The third-order valence-electron chi connectivity index (χ3n) is 3.50. The molecule has 0 atom stereocenters. The van der Waals surface area contributed by atoms with E-state index in [1.807, 2.05) is 48.5 Å². The molecule has 0 saturated carbocycles. The predicted octanol–water partition coefficient (Wildman–Crippen LogP) is 7.04. The lowest BCUT2D eigenvalue weighted by molar-refractivity contribution is 0.482. The van der Waals surface area contributed by atoms with Crippen molar-refractivity contribution in [3.63, 3.8) is 0 Å². The summed E-state index contributed by atoms with van der Waals surface area (Å²) in [6.45, 7) is 8.32. The van der Waals surface area contributed by atoms with Crippen LogP contribution in [0.25, 0.3) is 0 Å². The minimum absolute atomic E-state index is 0. The summed E-state index contributed by atoms with van der Waals surface area (Å²) in [5.74, 6) is 1.76. The number of aryl methyl sites for hydroxylation is 4. The topological polar surface area (TPSA) is 9.23 Å². The van der Waals surface area contributed by atoms with Gasteiger partial charge in [0.1, 0.15) is 11.5 Å². The first kappa shape index (κ1) is 19.5. The standard InChI is InChI=1S/C14H14O.C8H10.CH4/c1-11-3-7-13(8-4-11)15-14-9-5-12(2)6-10-14;1-7-3-5-8(2)6-4-7;/h3-10H,1-2H3;3-6H,1-2H3;1H4. The molecule has 0 aromatic heterocycles. The average Bonchev–Trinajstić information content (AvgIpc) is 2.55. The highest BCUT2D eigenvalue weighted by atomic mass is 16.5. The van der Waals surface area contributed by atoms with Gasteiger partial charge in [-0.3, -0.25) is 0 Å². The Balaban J connectivity index is 0.000000273. The molecule has 0 unspecified atom stereocenters. The third-order valence-corrected chi connectivity index (χ3v) is 3.50. The lowest BCUT2D eigenvalue weighted by Crippen LogP contribution is -1.84. The largest absolute Gasteiger partial charge is 0.457 e. The first-order valence-electron chi connectivity index (χ1n) is 7.87. The number of hydrogen-bond donors (Lipinski definition) is 0. The molecule has 3 rings (SSSR count). The van der Waals surface area contributed by atoms with Gasteiger partial charge in [-0.15, -0.1) is 0 Å². The predicted molar refractivity (Wildman–Crippen MR) is 105 cm³/mol. The van der Waals surface area contributed by atoms with Gasteiger partial charge < -0.3 is 4.74 Å². The molecule has 0 aliphatic carbocycles. The monoisotopic (exact) mass is 320 g/mol. The van der Waals surface area contributed by atoms with Crippen molar-refractivity contribution in [1.82, 2.24) is 0 Å². The summed E-state index contributed by atoms with van der Waals surface area (Å²) in [5, 5.41) is 0. The molecule has 126 valence electrons. The second-order valence-electron chi connectivity index (χ2n) is 5.88. The molecule has 0 saturated heterocycles. The van der Waals surface area contributed by atoms with Crippen molar-refractivity contribution in [2.45, 2.75) is 35.1 Å². The molecular weight excluding hydrogens is 292 g/mol. The molecule has 0 aliphatic rings. The maximum absolute atomic E-state index is 5.69. The summed E-state index contributed by atoms with van der Waals surface area (Å²) in [6.07, 6.45) is 0. The second-order valence-corrected chi connectivity index (χ2v) is 5.88. The van der Waals surface area contributed by atoms with Crippen LogP contribution in [-0.2, 0) is 0 Å². The number of hydrogen-bond acceptors (Lipinski definition) is 1. The smallest absolute Gasteiger partial charge is 0.127 e. The molecule has 0 spiro atoms. The highest BCUT2D eigenvalue weighted by molar-refractivity contribution is 5.33. The van der Waals surface area contributed by atoms with Gasteiger partial charge in [0.15, 0.2) is 0 Å². The van der Waals surface area contributed by atoms with Crippen LogP contribution in [0, 0.1) is 27.7 Å². The zero-order valence-corrected chi connectivity index (χ0v) is 14.3. The normalized spacial score (nSPS) is 9.33. The van der Waals surface area contributed by atoms with E-state index in [-0.39, 0.29) is 7.43 Å². The molecule has 3 aromatic rings. The Hall–Kier alpha value is -2.54. The fraction of sp³-hybridized carbons (Fsp3) is 0.217. The Bertz CT molecular complexity index is 643. The molecule has 0 aliphatic heterocycles. The van der Waals surface area contributed by atoms with E-state index in [1.54, 1.807) is 0 Å². The molecule has 1 heteroatoms. The van der Waals surface area contributed by atoms with Crippen LogP contribution in [0.2, 0.25) is 0 Å². The minimum Gasteiger partial charge on any atom is -0.457 e. The van der Waals surface area contributed by atoms with E-state index in [9.17, 15) is 0 Å². The van der Waals surface area contributed by atoms with Gasteiger partial charge in [0, 0.05) is 0 Å². The van der Waals surface area contributed by atoms with Gasteiger partial charge in [-0.1, -0.05) is 78.2 Å². The van der Waals surface area contributed by atoms with Crippen molar-refractivity contribution in [3.05, 3.63) is 95.1 Å². The number of ether oxygens (including phenoxy) is 1. The highest BCUT2D eigenvalue weighted by Crippen LogP contribution is 2.21. The Labute approximate surface area is 146 Å². The maximum atomic E-state index is 5.69. The van der Waals surface area contributed by atoms with Crippen LogP contribution in [0.5, 0.6) is 11.5 Å². The van der Waals surface area contributed by atoms with Crippen LogP contribution in [-0.4, -0.2) is 0 Å². The van der Waals surface area contributed by atoms with Gasteiger partial charge in [-0.25, -0.2) is 0 Å². The highest BCUT2D eigenvalue weighted by Gasteiger charge is 1.95. The van der Waals surface area contributed by atoms with E-state index in [0.717, 1.165) is 11.5 Å². The van der Waals surface area contributed by atoms with Gasteiger partial charge in [0.05, 0.1) is 0 Å². The van der Waals surface area contributed by atoms with Gasteiger partial charge in [0.2, 0.25) is 0 Å². The Kier molecular flexibility index (Phi) is 7.77. The molecule has 3 aromatic carbocycles. The molecular formula is C23H28O. The van der Waals surface area contributed by atoms with Crippen molar-refractivity contribution >= 4 is 0 Å². The van der Waals surface area contributed by atoms with Crippen molar-refractivity contribution in [2.24, 2.45) is 0 Å². The fourth-order valence-electron chi connectivity index (χ4n) is 1.99. The molecule has 0 fully saturated rings. The van der Waals surface area contributed by atoms with E-state index >= 15 is 0 Å². The van der Waals surface area contributed by atoms with Crippen LogP contribution in [0.3, 0.4) is 0 Å². The summed E-state index contributed by atoms with van der Waals surface area (Å²) < 4.78 is 5.69. The fourth-order valence-corrected chi connectivity index (χ4v) is 1.99. The Morgan fingerprint density at radius 1 is 0.417 bits per heavy atom. The summed E-state index contributed by atoms with van der Waals surface area (Å²) in [7, 11) is 0. The number of benzene rings is 3. The zero-order valence-electron chi connectivity index (χ0n) is 14.3. The third kappa shape index (κ3) is 6.70.